The van der Waals surface area contributed by atoms with Crippen molar-refractivity contribution in [1.29, 1.82) is 0 Å². The molecule has 2 rings (SSSR count). The molecule has 2 aromatic carbocycles. The molecule has 0 aromatic heterocycles. The monoisotopic (exact) mass is 379 g/mol. The van der Waals surface area contributed by atoms with E-state index in [0.29, 0.717) is 5.75 Å². The number of alkyl halides is 2. The fraction of sp³-hybridized carbons (Fsp3) is 0.263. The number of methoxy groups -OCH3 is 1. The first-order valence-electron chi connectivity index (χ1n) is 8.05. The van der Waals surface area contributed by atoms with Gasteiger partial charge in [0.15, 0.2) is 6.61 Å². The smallest absolute Gasteiger partial charge is 0.387 e. The maximum Gasteiger partial charge on any atom is 0.387 e. The first-order chi connectivity index (χ1) is 12.9. The molecule has 0 aliphatic carbocycles. The van der Waals surface area contributed by atoms with Crippen molar-refractivity contribution in [2.45, 2.75) is 19.6 Å². The summed E-state index contributed by atoms with van der Waals surface area (Å²) in [4.78, 5) is 24.0. The standard InChI is InChI=1S/C19H19F2NO5/c1-12(15-8-3-4-9-16(15)25-2)22-17(23)11-26-18(24)13-6-5-7-14(10-13)27-19(20)21/h3-10,12,19H,11H2,1-2H3,(H,22,23). The highest BCUT2D eigenvalue weighted by atomic mass is 19.3. The lowest BCUT2D eigenvalue weighted by Gasteiger charge is -2.17. The lowest BCUT2D eigenvalue weighted by Crippen LogP contribution is -2.31. The van der Waals surface area contributed by atoms with E-state index in [1.54, 1.807) is 13.0 Å². The topological polar surface area (TPSA) is 73.9 Å². The molecular formula is C19H19F2NO5. The van der Waals surface area contributed by atoms with Crippen LogP contribution in [0.15, 0.2) is 48.5 Å². The van der Waals surface area contributed by atoms with E-state index < -0.39 is 25.1 Å². The second-order valence-electron chi connectivity index (χ2n) is 5.51. The fourth-order valence-electron chi connectivity index (χ4n) is 2.40. The van der Waals surface area contributed by atoms with Crippen LogP contribution < -0.4 is 14.8 Å². The number of halogens is 2. The van der Waals surface area contributed by atoms with Gasteiger partial charge in [-0.25, -0.2) is 4.79 Å². The van der Waals surface area contributed by atoms with Gasteiger partial charge in [0, 0.05) is 5.56 Å². The van der Waals surface area contributed by atoms with Crippen LogP contribution >= 0.6 is 0 Å². The molecule has 0 saturated carbocycles. The Hall–Kier alpha value is -3.16. The fourth-order valence-corrected chi connectivity index (χ4v) is 2.40. The van der Waals surface area contributed by atoms with Crippen LogP contribution in [0.4, 0.5) is 8.78 Å². The van der Waals surface area contributed by atoms with Crippen molar-refractivity contribution >= 4 is 11.9 Å². The average Bonchev–Trinajstić information content (AvgIpc) is 2.65. The lowest BCUT2D eigenvalue weighted by molar-refractivity contribution is -0.124. The SMILES string of the molecule is COc1ccccc1C(C)NC(=O)COC(=O)c1cccc(OC(F)F)c1. The highest BCUT2D eigenvalue weighted by Gasteiger charge is 2.16. The van der Waals surface area contributed by atoms with E-state index >= 15 is 0 Å². The Kier molecular flexibility index (Phi) is 7.10. The van der Waals surface area contributed by atoms with Gasteiger partial charge in [-0.15, -0.1) is 0 Å². The number of carbonyl (C=O) groups excluding carboxylic acids is 2. The van der Waals surface area contributed by atoms with E-state index in [2.05, 4.69) is 10.1 Å². The highest BCUT2D eigenvalue weighted by molar-refractivity contribution is 5.91. The first kappa shape index (κ1) is 20.2. The number of ether oxygens (including phenoxy) is 3. The van der Waals surface area contributed by atoms with Crippen molar-refractivity contribution in [1.82, 2.24) is 5.32 Å². The van der Waals surface area contributed by atoms with Gasteiger partial charge in [-0.2, -0.15) is 8.78 Å². The Morgan fingerprint density at radius 3 is 2.56 bits per heavy atom. The molecule has 144 valence electrons. The maximum atomic E-state index is 12.2. The molecule has 1 atom stereocenters. The van der Waals surface area contributed by atoms with Gasteiger partial charge in [0.1, 0.15) is 11.5 Å². The Morgan fingerprint density at radius 2 is 1.85 bits per heavy atom. The van der Waals surface area contributed by atoms with Gasteiger partial charge in [0.05, 0.1) is 18.7 Å². The van der Waals surface area contributed by atoms with Crippen LogP contribution in [0.5, 0.6) is 11.5 Å². The van der Waals surface area contributed by atoms with Crippen molar-refractivity contribution in [3.8, 4) is 11.5 Å². The molecule has 1 unspecified atom stereocenters. The summed E-state index contributed by atoms with van der Waals surface area (Å²) < 4.78 is 38.8. The Labute approximate surface area is 155 Å². The first-order valence-corrected chi connectivity index (χ1v) is 8.05. The van der Waals surface area contributed by atoms with Crippen LogP contribution in [0.2, 0.25) is 0 Å². The number of para-hydroxylation sites is 1. The summed E-state index contributed by atoms with van der Waals surface area (Å²) in [6, 6.07) is 12.0. The van der Waals surface area contributed by atoms with Crippen LogP contribution in [-0.2, 0) is 9.53 Å². The lowest BCUT2D eigenvalue weighted by atomic mass is 10.1. The number of esters is 1. The second-order valence-corrected chi connectivity index (χ2v) is 5.51. The van der Waals surface area contributed by atoms with E-state index in [-0.39, 0.29) is 17.4 Å². The Balaban J connectivity index is 1.90. The zero-order valence-corrected chi connectivity index (χ0v) is 14.8. The second kappa shape index (κ2) is 9.51. The number of rotatable bonds is 8. The van der Waals surface area contributed by atoms with Crippen LogP contribution in [0.3, 0.4) is 0 Å². The summed E-state index contributed by atoms with van der Waals surface area (Å²) >= 11 is 0. The molecule has 0 bridgehead atoms. The number of hydrogen-bond donors (Lipinski definition) is 1. The minimum atomic E-state index is -3.00. The summed E-state index contributed by atoms with van der Waals surface area (Å²) in [5.41, 5.74) is 0.773. The molecule has 1 amide bonds. The third-order valence-electron chi connectivity index (χ3n) is 3.61. The third kappa shape index (κ3) is 5.95. The van der Waals surface area contributed by atoms with Gasteiger partial charge < -0.3 is 19.5 Å². The molecule has 8 heteroatoms. The number of nitrogens with one attached hydrogen (secondary N) is 1. The van der Waals surface area contributed by atoms with Crippen molar-refractivity contribution < 1.29 is 32.6 Å². The zero-order valence-electron chi connectivity index (χ0n) is 14.8. The molecule has 6 nitrogen and oxygen atoms in total. The minimum Gasteiger partial charge on any atom is -0.496 e. The molecule has 1 N–H and O–H groups in total. The van der Waals surface area contributed by atoms with Crippen molar-refractivity contribution in [2.75, 3.05) is 13.7 Å². The molecule has 0 saturated heterocycles. The van der Waals surface area contributed by atoms with Crippen molar-refractivity contribution in [3.63, 3.8) is 0 Å². The molecule has 0 radical (unpaired) electrons. The molecule has 0 spiro atoms. The Morgan fingerprint density at radius 1 is 1.11 bits per heavy atom. The zero-order chi connectivity index (χ0) is 19.8. The van der Waals surface area contributed by atoms with E-state index in [1.165, 1.54) is 25.3 Å². The van der Waals surface area contributed by atoms with E-state index in [1.807, 2.05) is 18.2 Å². The highest BCUT2D eigenvalue weighted by Crippen LogP contribution is 2.24. The molecule has 0 fully saturated rings. The molecule has 0 aliphatic rings. The van der Waals surface area contributed by atoms with Crippen LogP contribution in [0.1, 0.15) is 28.9 Å². The molecule has 27 heavy (non-hydrogen) atoms. The number of benzene rings is 2. The normalized spacial score (nSPS) is 11.6. The van der Waals surface area contributed by atoms with Gasteiger partial charge in [-0.05, 0) is 31.2 Å². The number of hydrogen-bond acceptors (Lipinski definition) is 5. The summed E-state index contributed by atoms with van der Waals surface area (Å²) in [6.07, 6.45) is 0. The van der Waals surface area contributed by atoms with E-state index in [0.717, 1.165) is 11.6 Å². The van der Waals surface area contributed by atoms with E-state index in [4.69, 9.17) is 9.47 Å². The van der Waals surface area contributed by atoms with Gasteiger partial charge in [0.2, 0.25) is 0 Å². The largest absolute Gasteiger partial charge is 0.496 e. The minimum absolute atomic E-state index is 0.00118. The van der Waals surface area contributed by atoms with Gasteiger partial charge in [-0.3, -0.25) is 4.79 Å². The number of carbonyl (C=O) groups is 2. The van der Waals surface area contributed by atoms with Crippen molar-refractivity contribution in [3.05, 3.63) is 59.7 Å². The summed E-state index contributed by atoms with van der Waals surface area (Å²) in [5.74, 6) is -0.886. The maximum absolute atomic E-state index is 12.2. The van der Waals surface area contributed by atoms with Gasteiger partial charge in [-0.1, -0.05) is 24.3 Å². The molecule has 2 aromatic rings. The predicted molar refractivity (Wildman–Crippen MR) is 92.9 cm³/mol. The van der Waals surface area contributed by atoms with Crippen LogP contribution in [-0.4, -0.2) is 32.2 Å². The van der Waals surface area contributed by atoms with Gasteiger partial charge >= 0.3 is 12.6 Å². The van der Waals surface area contributed by atoms with E-state index in [9.17, 15) is 18.4 Å². The predicted octanol–water partition coefficient (Wildman–Crippen LogP) is 3.33. The Bertz CT molecular complexity index is 797. The quantitative estimate of drug-likeness (QED) is 0.712. The summed E-state index contributed by atoms with van der Waals surface area (Å²) in [6.45, 7) is -1.75. The van der Waals surface area contributed by atoms with Crippen LogP contribution in [0.25, 0.3) is 0 Å². The average molecular weight is 379 g/mol. The third-order valence-corrected chi connectivity index (χ3v) is 3.61. The molecule has 0 heterocycles. The van der Waals surface area contributed by atoms with Gasteiger partial charge in [0.25, 0.3) is 5.91 Å². The van der Waals surface area contributed by atoms with Crippen molar-refractivity contribution in [2.24, 2.45) is 0 Å². The summed E-state index contributed by atoms with van der Waals surface area (Å²) in [7, 11) is 1.53. The van der Waals surface area contributed by atoms with Crippen LogP contribution in [0, 0.1) is 0 Å². The number of amides is 1. The molecule has 0 aliphatic heterocycles. The molecular weight excluding hydrogens is 360 g/mol. The summed E-state index contributed by atoms with van der Waals surface area (Å²) in [5, 5.41) is 2.70.